The molecule has 0 saturated carbocycles. The van der Waals surface area contributed by atoms with Gasteiger partial charge in [0.2, 0.25) is 0 Å². The smallest absolute Gasteiger partial charge is 0.128 e. The highest BCUT2D eigenvalue weighted by atomic mass is 16.5. The van der Waals surface area contributed by atoms with Gasteiger partial charge in [-0.05, 0) is 27.3 Å². The SMILES string of the molecule is CCN(Cc1ncc(C)c(OC)c1C)CC(C)C#N. The second-order valence-electron chi connectivity index (χ2n) is 4.90. The molecule has 4 heteroatoms. The maximum Gasteiger partial charge on any atom is 0.128 e. The highest BCUT2D eigenvalue weighted by Crippen LogP contribution is 2.24. The number of ether oxygens (including phenoxy) is 1. The first-order chi connectivity index (χ1) is 9.03. The van der Waals surface area contributed by atoms with E-state index in [1.165, 1.54) is 0 Å². The van der Waals surface area contributed by atoms with E-state index in [9.17, 15) is 0 Å². The fraction of sp³-hybridized carbons (Fsp3) is 0.600. The van der Waals surface area contributed by atoms with Crippen LogP contribution in [-0.2, 0) is 6.54 Å². The van der Waals surface area contributed by atoms with Gasteiger partial charge in [-0.1, -0.05) is 6.92 Å². The molecule has 0 fully saturated rings. The molecule has 4 nitrogen and oxygen atoms in total. The molecule has 1 rings (SSSR count). The van der Waals surface area contributed by atoms with Crippen LogP contribution in [0.25, 0.3) is 0 Å². The maximum atomic E-state index is 8.91. The number of aryl methyl sites for hydroxylation is 1. The summed E-state index contributed by atoms with van der Waals surface area (Å²) in [5.41, 5.74) is 3.16. The summed E-state index contributed by atoms with van der Waals surface area (Å²) in [6, 6.07) is 2.28. The van der Waals surface area contributed by atoms with Gasteiger partial charge < -0.3 is 4.74 Å². The molecular weight excluding hydrogens is 238 g/mol. The van der Waals surface area contributed by atoms with Gasteiger partial charge in [-0.15, -0.1) is 0 Å². The molecule has 1 aromatic heterocycles. The Kier molecular flexibility index (Phi) is 5.78. The van der Waals surface area contributed by atoms with E-state index in [-0.39, 0.29) is 5.92 Å². The van der Waals surface area contributed by atoms with Crippen molar-refractivity contribution in [2.45, 2.75) is 34.2 Å². The Bertz CT molecular complexity index is 465. The van der Waals surface area contributed by atoms with E-state index in [4.69, 9.17) is 10.00 Å². The summed E-state index contributed by atoms with van der Waals surface area (Å²) in [4.78, 5) is 6.74. The molecule has 1 atom stereocenters. The van der Waals surface area contributed by atoms with Gasteiger partial charge in [0.25, 0.3) is 0 Å². The first-order valence-electron chi connectivity index (χ1n) is 6.64. The number of hydrogen-bond acceptors (Lipinski definition) is 4. The summed E-state index contributed by atoms with van der Waals surface area (Å²) in [6.07, 6.45) is 1.85. The van der Waals surface area contributed by atoms with E-state index >= 15 is 0 Å². The van der Waals surface area contributed by atoms with Crippen LogP contribution in [0.15, 0.2) is 6.20 Å². The summed E-state index contributed by atoms with van der Waals surface area (Å²) < 4.78 is 5.42. The van der Waals surface area contributed by atoms with E-state index in [1.54, 1.807) is 7.11 Å². The van der Waals surface area contributed by atoms with Crippen molar-refractivity contribution in [1.29, 1.82) is 5.26 Å². The van der Waals surface area contributed by atoms with Gasteiger partial charge in [-0.25, -0.2) is 0 Å². The average Bonchev–Trinajstić information content (AvgIpc) is 2.41. The number of aromatic nitrogens is 1. The van der Waals surface area contributed by atoms with Crippen molar-refractivity contribution in [3.63, 3.8) is 0 Å². The monoisotopic (exact) mass is 261 g/mol. The van der Waals surface area contributed by atoms with Crippen LogP contribution < -0.4 is 4.74 Å². The number of nitrogens with zero attached hydrogens (tertiary/aromatic N) is 3. The third-order valence-electron chi connectivity index (χ3n) is 3.32. The molecule has 0 aliphatic carbocycles. The van der Waals surface area contributed by atoms with Crippen LogP contribution in [0.4, 0.5) is 0 Å². The fourth-order valence-electron chi connectivity index (χ4n) is 2.18. The molecule has 0 saturated heterocycles. The van der Waals surface area contributed by atoms with Crippen molar-refractivity contribution >= 4 is 0 Å². The lowest BCUT2D eigenvalue weighted by atomic mass is 10.1. The lowest BCUT2D eigenvalue weighted by Crippen LogP contribution is -2.28. The van der Waals surface area contributed by atoms with Crippen LogP contribution in [0.3, 0.4) is 0 Å². The summed E-state index contributed by atoms with van der Waals surface area (Å²) in [5, 5.41) is 8.91. The van der Waals surface area contributed by atoms with Gasteiger partial charge in [0, 0.05) is 30.4 Å². The molecule has 1 unspecified atom stereocenters. The van der Waals surface area contributed by atoms with Gasteiger partial charge in [-0.2, -0.15) is 5.26 Å². The average molecular weight is 261 g/mol. The van der Waals surface area contributed by atoms with Crippen LogP contribution in [0, 0.1) is 31.1 Å². The number of rotatable bonds is 6. The van der Waals surface area contributed by atoms with Gasteiger partial charge in [-0.3, -0.25) is 9.88 Å². The molecule has 0 aliphatic rings. The number of hydrogen-bond donors (Lipinski definition) is 0. The Balaban J connectivity index is 2.89. The molecule has 0 N–H and O–H groups in total. The third kappa shape index (κ3) is 3.93. The van der Waals surface area contributed by atoms with E-state index in [1.807, 2.05) is 27.0 Å². The van der Waals surface area contributed by atoms with Crippen LogP contribution in [0.5, 0.6) is 5.75 Å². The summed E-state index contributed by atoms with van der Waals surface area (Å²) >= 11 is 0. The number of methoxy groups -OCH3 is 1. The van der Waals surface area contributed by atoms with Crippen molar-refractivity contribution in [3.8, 4) is 11.8 Å². The lowest BCUT2D eigenvalue weighted by Gasteiger charge is -2.22. The molecule has 0 bridgehead atoms. The van der Waals surface area contributed by atoms with Crippen molar-refractivity contribution in [2.75, 3.05) is 20.2 Å². The maximum absolute atomic E-state index is 8.91. The first-order valence-corrected chi connectivity index (χ1v) is 6.64. The zero-order valence-electron chi connectivity index (χ0n) is 12.5. The highest BCUT2D eigenvalue weighted by Gasteiger charge is 2.14. The lowest BCUT2D eigenvalue weighted by molar-refractivity contribution is 0.256. The normalized spacial score (nSPS) is 12.3. The number of pyridine rings is 1. The predicted octanol–water partition coefficient (Wildman–Crippen LogP) is 2.69. The van der Waals surface area contributed by atoms with Crippen LogP contribution in [0.1, 0.15) is 30.7 Å². The molecule has 0 aromatic carbocycles. The van der Waals surface area contributed by atoms with E-state index in [0.717, 1.165) is 42.2 Å². The molecular formula is C15H23N3O. The largest absolute Gasteiger partial charge is 0.496 e. The van der Waals surface area contributed by atoms with Crippen LogP contribution in [0.2, 0.25) is 0 Å². The minimum Gasteiger partial charge on any atom is -0.496 e. The number of nitriles is 1. The molecule has 0 spiro atoms. The Labute approximate surface area is 116 Å². The van der Waals surface area contributed by atoms with Crippen molar-refractivity contribution < 1.29 is 4.74 Å². The van der Waals surface area contributed by atoms with Gasteiger partial charge in [0.1, 0.15) is 5.75 Å². The van der Waals surface area contributed by atoms with Crippen LogP contribution in [-0.4, -0.2) is 30.1 Å². The Morgan fingerprint density at radius 2 is 2.16 bits per heavy atom. The molecule has 104 valence electrons. The van der Waals surface area contributed by atoms with Crippen LogP contribution >= 0.6 is 0 Å². The Hall–Kier alpha value is -1.60. The van der Waals surface area contributed by atoms with Gasteiger partial charge >= 0.3 is 0 Å². The summed E-state index contributed by atoms with van der Waals surface area (Å²) in [7, 11) is 1.69. The molecule has 1 aromatic rings. The minimum atomic E-state index is 0.0348. The Morgan fingerprint density at radius 1 is 1.47 bits per heavy atom. The fourth-order valence-corrected chi connectivity index (χ4v) is 2.18. The second kappa shape index (κ2) is 7.10. The third-order valence-corrected chi connectivity index (χ3v) is 3.32. The van der Waals surface area contributed by atoms with E-state index in [0.29, 0.717) is 0 Å². The topological polar surface area (TPSA) is 49.2 Å². The molecule has 0 aliphatic heterocycles. The zero-order valence-corrected chi connectivity index (χ0v) is 12.5. The molecule has 1 heterocycles. The highest BCUT2D eigenvalue weighted by molar-refractivity contribution is 5.41. The standard InChI is InChI=1S/C15H23N3O/c1-6-18(9-11(2)7-16)10-14-13(4)15(19-5)12(3)8-17-14/h8,11H,6,9-10H2,1-5H3. The van der Waals surface area contributed by atoms with E-state index in [2.05, 4.69) is 22.9 Å². The molecule has 19 heavy (non-hydrogen) atoms. The van der Waals surface area contributed by atoms with Gasteiger partial charge in [0.05, 0.1) is 24.8 Å². The summed E-state index contributed by atoms with van der Waals surface area (Å²) in [5.74, 6) is 0.946. The van der Waals surface area contributed by atoms with E-state index < -0.39 is 0 Å². The predicted molar refractivity (Wildman–Crippen MR) is 76.0 cm³/mol. The van der Waals surface area contributed by atoms with Crippen molar-refractivity contribution in [3.05, 3.63) is 23.0 Å². The van der Waals surface area contributed by atoms with Crippen molar-refractivity contribution in [1.82, 2.24) is 9.88 Å². The molecule has 0 radical (unpaired) electrons. The van der Waals surface area contributed by atoms with Gasteiger partial charge in [0.15, 0.2) is 0 Å². The second-order valence-corrected chi connectivity index (χ2v) is 4.90. The Morgan fingerprint density at radius 3 is 2.68 bits per heavy atom. The minimum absolute atomic E-state index is 0.0348. The zero-order chi connectivity index (χ0) is 14.4. The van der Waals surface area contributed by atoms with Crippen molar-refractivity contribution in [2.24, 2.45) is 5.92 Å². The quantitative estimate of drug-likeness (QED) is 0.790. The summed E-state index contributed by atoms with van der Waals surface area (Å²) in [6.45, 7) is 10.5. The molecule has 0 amide bonds. The first kappa shape index (κ1) is 15.5.